The summed E-state index contributed by atoms with van der Waals surface area (Å²) in [4.78, 5) is 0. The van der Waals surface area contributed by atoms with E-state index in [1.54, 1.807) is 12.1 Å². The van der Waals surface area contributed by atoms with Gasteiger partial charge in [0.15, 0.2) is 0 Å². The van der Waals surface area contributed by atoms with Crippen LogP contribution in [0.1, 0.15) is 5.56 Å². The predicted molar refractivity (Wildman–Crippen MR) is 63.3 cm³/mol. The van der Waals surface area contributed by atoms with Crippen molar-refractivity contribution in [3.63, 3.8) is 0 Å². The van der Waals surface area contributed by atoms with Gasteiger partial charge in [0.25, 0.3) is 0 Å². The highest BCUT2D eigenvalue weighted by molar-refractivity contribution is 5.55. The zero-order valence-electron chi connectivity index (χ0n) is 8.76. The molecule has 82 valence electrons. The zero-order chi connectivity index (χ0) is 11.4. The minimum absolute atomic E-state index is 0.143. The second-order valence-electron chi connectivity index (χ2n) is 3.50. The van der Waals surface area contributed by atoms with Crippen LogP contribution in [0, 0.1) is 0 Å². The Bertz CT molecular complexity index is 469. The molecule has 3 heteroatoms. The van der Waals surface area contributed by atoms with Gasteiger partial charge in [-0.15, -0.1) is 0 Å². The van der Waals surface area contributed by atoms with Crippen molar-refractivity contribution in [2.75, 3.05) is 5.73 Å². The maximum Gasteiger partial charge on any atom is 0.142 e. The Hall–Kier alpha value is -2.16. The molecule has 0 atom stereocenters. The van der Waals surface area contributed by atoms with Crippen molar-refractivity contribution in [2.45, 2.75) is 6.61 Å². The fourth-order valence-electron chi connectivity index (χ4n) is 1.40. The molecule has 3 N–H and O–H groups in total. The minimum Gasteiger partial charge on any atom is -0.508 e. The number of benzene rings is 2. The third kappa shape index (κ3) is 2.45. The lowest BCUT2D eigenvalue weighted by Crippen LogP contribution is -1.98. The SMILES string of the molecule is Nc1cc(O)ccc1OCc1ccccc1. The summed E-state index contributed by atoms with van der Waals surface area (Å²) in [5.41, 5.74) is 7.22. The second kappa shape index (κ2) is 4.57. The van der Waals surface area contributed by atoms with Crippen LogP contribution in [0.15, 0.2) is 48.5 Å². The number of phenols is 1. The van der Waals surface area contributed by atoms with Crippen LogP contribution in [0.4, 0.5) is 5.69 Å². The Balaban J connectivity index is 2.05. The second-order valence-corrected chi connectivity index (χ2v) is 3.50. The molecule has 0 radical (unpaired) electrons. The van der Waals surface area contributed by atoms with Crippen molar-refractivity contribution in [2.24, 2.45) is 0 Å². The number of nitrogens with two attached hydrogens (primary N) is 1. The molecule has 16 heavy (non-hydrogen) atoms. The predicted octanol–water partition coefficient (Wildman–Crippen LogP) is 2.55. The van der Waals surface area contributed by atoms with E-state index in [1.165, 1.54) is 6.07 Å². The van der Waals surface area contributed by atoms with E-state index >= 15 is 0 Å². The monoisotopic (exact) mass is 215 g/mol. The van der Waals surface area contributed by atoms with Gasteiger partial charge in [0.05, 0.1) is 5.69 Å². The molecule has 2 rings (SSSR count). The van der Waals surface area contributed by atoms with E-state index in [9.17, 15) is 5.11 Å². The van der Waals surface area contributed by atoms with Gasteiger partial charge in [0.2, 0.25) is 0 Å². The molecule has 0 heterocycles. The third-order valence-electron chi connectivity index (χ3n) is 2.23. The van der Waals surface area contributed by atoms with Crippen LogP contribution < -0.4 is 10.5 Å². The van der Waals surface area contributed by atoms with Gasteiger partial charge in [-0.2, -0.15) is 0 Å². The van der Waals surface area contributed by atoms with Crippen molar-refractivity contribution < 1.29 is 9.84 Å². The van der Waals surface area contributed by atoms with Crippen LogP contribution in [0.5, 0.6) is 11.5 Å². The molecule has 0 saturated heterocycles. The van der Waals surface area contributed by atoms with E-state index in [-0.39, 0.29) is 5.75 Å². The molecule has 3 nitrogen and oxygen atoms in total. The van der Waals surface area contributed by atoms with Crippen LogP contribution in [-0.2, 0) is 6.61 Å². The number of ether oxygens (including phenoxy) is 1. The summed E-state index contributed by atoms with van der Waals surface area (Å²) in [5, 5.41) is 9.19. The maximum absolute atomic E-state index is 9.19. The number of nitrogen functional groups attached to an aromatic ring is 1. The largest absolute Gasteiger partial charge is 0.508 e. The van der Waals surface area contributed by atoms with Gasteiger partial charge < -0.3 is 15.6 Å². The zero-order valence-corrected chi connectivity index (χ0v) is 8.76. The van der Waals surface area contributed by atoms with Gasteiger partial charge in [-0.1, -0.05) is 30.3 Å². The summed E-state index contributed by atoms with van der Waals surface area (Å²) in [6.07, 6.45) is 0. The van der Waals surface area contributed by atoms with E-state index in [2.05, 4.69) is 0 Å². The first-order chi connectivity index (χ1) is 7.75. The van der Waals surface area contributed by atoms with E-state index in [0.29, 0.717) is 18.0 Å². The van der Waals surface area contributed by atoms with Gasteiger partial charge in [-0.25, -0.2) is 0 Å². The molecule has 0 amide bonds. The summed E-state index contributed by atoms with van der Waals surface area (Å²) in [6.45, 7) is 0.468. The average Bonchev–Trinajstić information content (AvgIpc) is 2.29. The lowest BCUT2D eigenvalue weighted by molar-refractivity contribution is 0.307. The first-order valence-electron chi connectivity index (χ1n) is 5.01. The number of hydrogen-bond donors (Lipinski definition) is 2. The Kier molecular flexibility index (Phi) is 2.96. The molecule has 0 spiro atoms. The summed E-state index contributed by atoms with van der Waals surface area (Å²) in [6, 6.07) is 14.5. The van der Waals surface area contributed by atoms with E-state index in [0.717, 1.165) is 5.56 Å². The number of aromatic hydroxyl groups is 1. The number of phenolic OH excluding ortho intramolecular Hbond substituents is 1. The Morgan fingerprint density at radius 3 is 2.50 bits per heavy atom. The quantitative estimate of drug-likeness (QED) is 0.773. The molecule has 0 bridgehead atoms. The van der Waals surface area contributed by atoms with Crippen molar-refractivity contribution in [1.29, 1.82) is 0 Å². The number of anilines is 1. The smallest absolute Gasteiger partial charge is 0.142 e. The number of hydrogen-bond acceptors (Lipinski definition) is 3. The highest BCUT2D eigenvalue weighted by atomic mass is 16.5. The molecule has 0 unspecified atom stereocenters. The Morgan fingerprint density at radius 2 is 1.81 bits per heavy atom. The van der Waals surface area contributed by atoms with Gasteiger partial charge >= 0.3 is 0 Å². The van der Waals surface area contributed by atoms with E-state index < -0.39 is 0 Å². The van der Waals surface area contributed by atoms with Gasteiger partial charge in [-0.3, -0.25) is 0 Å². The van der Waals surface area contributed by atoms with E-state index in [4.69, 9.17) is 10.5 Å². The molecular weight excluding hydrogens is 202 g/mol. The van der Waals surface area contributed by atoms with Crippen LogP contribution in [-0.4, -0.2) is 5.11 Å². The average molecular weight is 215 g/mol. The highest BCUT2D eigenvalue weighted by Crippen LogP contribution is 2.26. The molecule has 0 fully saturated rings. The van der Waals surface area contributed by atoms with Crippen LogP contribution in [0.3, 0.4) is 0 Å². The van der Waals surface area contributed by atoms with Crippen LogP contribution in [0.25, 0.3) is 0 Å². The fourth-order valence-corrected chi connectivity index (χ4v) is 1.40. The van der Waals surface area contributed by atoms with E-state index in [1.807, 2.05) is 30.3 Å². The summed E-state index contributed by atoms with van der Waals surface area (Å²) < 4.78 is 5.54. The summed E-state index contributed by atoms with van der Waals surface area (Å²) in [5.74, 6) is 0.728. The topological polar surface area (TPSA) is 55.5 Å². The van der Waals surface area contributed by atoms with Gasteiger partial charge in [0.1, 0.15) is 18.1 Å². The van der Waals surface area contributed by atoms with Gasteiger partial charge in [-0.05, 0) is 17.7 Å². The third-order valence-corrected chi connectivity index (χ3v) is 2.23. The lowest BCUT2D eigenvalue weighted by Gasteiger charge is -2.08. The molecule has 0 aromatic heterocycles. The lowest BCUT2D eigenvalue weighted by atomic mass is 10.2. The van der Waals surface area contributed by atoms with Crippen molar-refractivity contribution in [3.05, 3.63) is 54.1 Å². The van der Waals surface area contributed by atoms with Crippen molar-refractivity contribution in [3.8, 4) is 11.5 Å². The summed E-state index contributed by atoms with van der Waals surface area (Å²) >= 11 is 0. The first kappa shape index (κ1) is 10.4. The summed E-state index contributed by atoms with van der Waals surface area (Å²) in [7, 11) is 0. The normalized spacial score (nSPS) is 10.0. The minimum atomic E-state index is 0.143. The fraction of sp³-hybridized carbons (Fsp3) is 0.0769. The van der Waals surface area contributed by atoms with Crippen LogP contribution in [0.2, 0.25) is 0 Å². The molecule has 0 saturated carbocycles. The van der Waals surface area contributed by atoms with Crippen molar-refractivity contribution >= 4 is 5.69 Å². The van der Waals surface area contributed by atoms with Gasteiger partial charge in [0, 0.05) is 6.07 Å². The molecule has 0 aliphatic heterocycles. The Morgan fingerprint density at radius 1 is 1.06 bits per heavy atom. The highest BCUT2D eigenvalue weighted by Gasteiger charge is 2.01. The molecule has 2 aromatic rings. The molecule has 0 aliphatic carbocycles. The molecule has 0 aliphatic rings. The molecule has 2 aromatic carbocycles. The van der Waals surface area contributed by atoms with Crippen LogP contribution >= 0.6 is 0 Å². The number of rotatable bonds is 3. The first-order valence-corrected chi connectivity index (χ1v) is 5.01. The molecular formula is C13H13NO2. The Labute approximate surface area is 94.1 Å². The van der Waals surface area contributed by atoms with Crippen molar-refractivity contribution in [1.82, 2.24) is 0 Å². The maximum atomic E-state index is 9.19. The standard InChI is InChI=1S/C13H13NO2/c14-12-8-11(15)6-7-13(12)16-9-10-4-2-1-3-5-10/h1-8,15H,9,14H2.